The number of H-pyrrole nitrogens is 1. The van der Waals surface area contributed by atoms with Crippen LogP contribution in [0.1, 0.15) is 5.69 Å². The summed E-state index contributed by atoms with van der Waals surface area (Å²) in [5.41, 5.74) is 1.81. The van der Waals surface area contributed by atoms with Crippen LogP contribution in [0.2, 0.25) is 5.02 Å². The fourth-order valence-corrected chi connectivity index (χ4v) is 2.10. The Labute approximate surface area is 107 Å². The Morgan fingerprint density at radius 3 is 2.94 bits per heavy atom. The lowest BCUT2D eigenvalue weighted by molar-refractivity contribution is 0.298. The molecule has 0 aliphatic heterocycles. The molecular formula is C11H10BrClN2O. The first-order valence-corrected chi connectivity index (χ1v) is 5.99. The van der Waals surface area contributed by atoms with Gasteiger partial charge in [-0.15, -0.1) is 0 Å². The molecule has 0 bridgehead atoms. The van der Waals surface area contributed by atoms with Gasteiger partial charge in [-0.1, -0.05) is 23.7 Å². The SMILES string of the molecule is OCCc1[nH]c(-c2cccc(Cl)c2)nc1Br. The van der Waals surface area contributed by atoms with E-state index in [1.807, 2.05) is 24.3 Å². The minimum atomic E-state index is 0.0930. The van der Waals surface area contributed by atoms with Crippen LogP contribution in [-0.2, 0) is 6.42 Å². The van der Waals surface area contributed by atoms with Crippen LogP contribution in [0.3, 0.4) is 0 Å². The fraction of sp³-hybridized carbons (Fsp3) is 0.182. The number of hydrogen-bond acceptors (Lipinski definition) is 2. The lowest BCUT2D eigenvalue weighted by Crippen LogP contribution is -1.91. The van der Waals surface area contributed by atoms with E-state index in [9.17, 15) is 0 Å². The maximum Gasteiger partial charge on any atom is 0.138 e. The molecule has 1 aromatic carbocycles. The van der Waals surface area contributed by atoms with Crippen LogP contribution in [0, 0.1) is 0 Å². The summed E-state index contributed by atoms with van der Waals surface area (Å²) in [4.78, 5) is 7.48. The Morgan fingerprint density at radius 2 is 2.25 bits per heavy atom. The van der Waals surface area contributed by atoms with E-state index >= 15 is 0 Å². The van der Waals surface area contributed by atoms with E-state index in [0.29, 0.717) is 11.4 Å². The summed E-state index contributed by atoms with van der Waals surface area (Å²) in [7, 11) is 0. The van der Waals surface area contributed by atoms with Crippen LogP contribution >= 0.6 is 27.5 Å². The van der Waals surface area contributed by atoms with Gasteiger partial charge in [-0.05, 0) is 28.1 Å². The van der Waals surface area contributed by atoms with E-state index in [0.717, 1.165) is 21.7 Å². The normalized spacial score (nSPS) is 10.7. The summed E-state index contributed by atoms with van der Waals surface area (Å²) in [6.45, 7) is 0.0930. The van der Waals surface area contributed by atoms with E-state index in [1.54, 1.807) is 0 Å². The third kappa shape index (κ3) is 2.45. The molecule has 84 valence electrons. The van der Waals surface area contributed by atoms with Gasteiger partial charge in [-0.2, -0.15) is 0 Å². The molecule has 0 fully saturated rings. The van der Waals surface area contributed by atoms with E-state index in [1.165, 1.54) is 0 Å². The number of hydrogen-bond donors (Lipinski definition) is 2. The standard InChI is InChI=1S/C11H10BrClN2O/c12-10-9(4-5-16)14-11(15-10)7-2-1-3-8(13)6-7/h1-3,6,16H,4-5H2,(H,14,15). The number of aromatic nitrogens is 2. The van der Waals surface area contributed by atoms with Crippen molar-refractivity contribution in [2.75, 3.05) is 6.61 Å². The van der Waals surface area contributed by atoms with Gasteiger partial charge in [0.15, 0.2) is 0 Å². The summed E-state index contributed by atoms with van der Waals surface area (Å²) in [5, 5.41) is 9.55. The van der Waals surface area contributed by atoms with E-state index in [-0.39, 0.29) is 6.61 Å². The van der Waals surface area contributed by atoms with E-state index in [4.69, 9.17) is 16.7 Å². The molecule has 2 N–H and O–H groups in total. The lowest BCUT2D eigenvalue weighted by atomic mass is 10.2. The minimum absolute atomic E-state index is 0.0930. The van der Waals surface area contributed by atoms with E-state index in [2.05, 4.69) is 25.9 Å². The maximum absolute atomic E-state index is 8.88. The zero-order valence-electron chi connectivity index (χ0n) is 8.37. The first-order chi connectivity index (χ1) is 7.70. The minimum Gasteiger partial charge on any atom is -0.396 e. The lowest BCUT2D eigenvalue weighted by Gasteiger charge is -1.97. The Bertz CT molecular complexity index is 498. The van der Waals surface area contributed by atoms with Crippen LogP contribution in [0.15, 0.2) is 28.9 Å². The molecule has 1 heterocycles. The Kier molecular flexibility index (Phi) is 3.63. The van der Waals surface area contributed by atoms with Crippen molar-refractivity contribution in [3.8, 4) is 11.4 Å². The molecule has 3 nitrogen and oxygen atoms in total. The van der Waals surface area contributed by atoms with Gasteiger partial charge in [-0.3, -0.25) is 0 Å². The number of aliphatic hydroxyl groups excluding tert-OH is 1. The highest BCUT2D eigenvalue weighted by Crippen LogP contribution is 2.24. The van der Waals surface area contributed by atoms with Crippen LogP contribution in [0.25, 0.3) is 11.4 Å². The summed E-state index contributed by atoms with van der Waals surface area (Å²) in [5.74, 6) is 0.748. The predicted molar refractivity (Wildman–Crippen MR) is 67.5 cm³/mol. The van der Waals surface area contributed by atoms with Crippen LogP contribution in [0.5, 0.6) is 0 Å². The third-order valence-corrected chi connectivity index (χ3v) is 3.08. The molecule has 0 atom stereocenters. The summed E-state index contributed by atoms with van der Waals surface area (Å²) >= 11 is 9.26. The first kappa shape index (κ1) is 11.6. The third-order valence-electron chi connectivity index (χ3n) is 2.19. The zero-order chi connectivity index (χ0) is 11.5. The number of aliphatic hydroxyl groups is 1. The van der Waals surface area contributed by atoms with Gasteiger partial charge in [0.1, 0.15) is 10.4 Å². The molecule has 0 unspecified atom stereocenters. The van der Waals surface area contributed by atoms with Crippen LogP contribution in [-0.4, -0.2) is 21.7 Å². The largest absolute Gasteiger partial charge is 0.396 e. The summed E-state index contributed by atoms with van der Waals surface area (Å²) in [6, 6.07) is 7.47. The Morgan fingerprint density at radius 1 is 1.44 bits per heavy atom. The van der Waals surface area contributed by atoms with Crippen molar-refractivity contribution in [1.29, 1.82) is 0 Å². The van der Waals surface area contributed by atoms with Crippen molar-refractivity contribution < 1.29 is 5.11 Å². The Hall–Kier alpha value is -0.840. The van der Waals surface area contributed by atoms with Gasteiger partial charge in [0.05, 0.1) is 5.69 Å². The molecule has 0 saturated carbocycles. The first-order valence-electron chi connectivity index (χ1n) is 4.82. The topological polar surface area (TPSA) is 48.9 Å². The molecule has 5 heteroatoms. The molecule has 16 heavy (non-hydrogen) atoms. The molecule has 0 aliphatic rings. The van der Waals surface area contributed by atoms with Gasteiger partial charge in [-0.25, -0.2) is 4.98 Å². The smallest absolute Gasteiger partial charge is 0.138 e. The van der Waals surface area contributed by atoms with Gasteiger partial charge in [0.25, 0.3) is 0 Å². The van der Waals surface area contributed by atoms with Crippen molar-refractivity contribution in [2.24, 2.45) is 0 Å². The second kappa shape index (κ2) is 4.99. The zero-order valence-corrected chi connectivity index (χ0v) is 10.7. The number of nitrogens with one attached hydrogen (secondary N) is 1. The molecule has 0 radical (unpaired) electrons. The van der Waals surface area contributed by atoms with Crippen molar-refractivity contribution in [2.45, 2.75) is 6.42 Å². The highest BCUT2D eigenvalue weighted by molar-refractivity contribution is 9.10. The molecular weight excluding hydrogens is 291 g/mol. The number of nitrogens with zero attached hydrogens (tertiary/aromatic N) is 1. The molecule has 0 saturated heterocycles. The average molecular weight is 302 g/mol. The number of rotatable bonds is 3. The second-order valence-corrected chi connectivity index (χ2v) is 4.53. The average Bonchev–Trinajstić information content (AvgIpc) is 2.61. The summed E-state index contributed by atoms with van der Waals surface area (Å²) < 4.78 is 0.733. The predicted octanol–water partition coefficient (Wildman–Crippen LogP) is 3.03. The highest BCUT2D eigenvalue weighted by atomic mass is 79.9. The fourth-order valence-electron chi connectivity index (χ4n) is 1.44. The summed E-state index contributed by atoms with van der Waals surface area (Å²) in [6.07, 6.45) is 0.550. The van der Waals surface area contributed by atoms with Crippen molar-refractivity contribution >= 4 is 27.5 Å². The second-order valence-electron chi connectivity index (χ2n) is 3.34. The van der Waals surface area contributed by atoms with Gasteiger partial charge in [0, 0.05) is 23.6 Å². The highest BCUT2D eigenvalue weighted by Gasteiger charge is 2.08. The molecule has 2 rings (SSSR count). The van der Waals surface area contributed by atoms with Gasteiger partial charge in [0.2, 0.25) is 0 Å². The number of imidazole rings is 1. The molecule has 1 aromatic heterocycles. The van der Waals surface area contributed by atoms with E-state index < -0.39 is 0 Å². The van der Waals surface area contributed by atoms with Gasteiger partial charge < -0.3 is 10.1 Å². The molecule has 0 spiro atoms. The van der Waals surface area contributed by atoms with Crippen molar-refractivity contribution in [3.05, 3.63) is 39.6 Å². The van der Waals surface area contributed by atoms with Crippen molar-refractivity contribution in [3.63, 3.8) is 0 Å². The Balaban J connectivity index is 2.37. The molecule has 0 amide bonds. The molecule has 0 aliphatic carbocycles. The molecule has 2 aromatic rings. The quantitative estimate of drug-likeness (QED) is 0.915. The maximum atomic E-state index is 8.88. The monoisotopic (exact) mass is 300 g/mol. The number of aromatic amines is 1. The van der Waals surface area contributed by atoms with Crippen molar-refractivity contribution in [1.82, 2.24) is 9.97 Å². The van der Waals surface area contributed by atoms with Crippen LogP contribution in [0.4, 0.5) is 0 Å². The number of halogens is 2. The van der Waals surface area contributed by atoms with Crippen LogP contribution < -0.4 is 0 Å². The number of benzene rings is 1. The van der Waals surface area contributed by atoms with Gasteiger partial charge >= 0.3 is 0 Å².